The number of benzene rings is 1. The third-order valence-corrected chi connectivity index (χ3v) is 7.09. The highest BCUT2D eigenvalue weighted by Gasteiger charge is 2.38. The molecule has 40 heavy (non-hydrogen) atoms. The van der Waals surface area contributed by atoms with Crippen LogP contribution >= 0.6 is 11.6 Å². The lowest BCUT2D eigenvalue weighted by atomic mass is 9.87. The SMILES string of the molecule is CN(CCC(=O)NCCNC(=O)Nc1ccc(C(C)(C)C)cc1)CC1(O)CCN(c2nc(Cl)nc3[nH]ncc23)C1. The highest BCUT2D eigenvalue weighted by molar-refractivity contribution is 6.28. The van der Waals surface area contributed by atoms with Crippen LogP contribution in [-0.4, -0.2) is 94.0 Å². The van der Waals surface area contributed by atoms with Crippen molar-refractivity contribution in [1.29, 1.82) is 0 Å². The number of carbonyl (C=O) groups excluding carboxylic acids is 2. The number of nitrogens with one attached hydrogen (secondary N) is 4. The van der Waals surface area contributed by atoms with E-state index in [9.17, 15) is 14.7 Å². The van der Waals surface area contributed by atoms with Gasteiger partial charge in [0.05, 0.1) is 17.2 Å². The number of H-pyrrole nitrogens is 1. The van der Waals surface area contributed by atoms with Gasteiger partial charge in [-0.05, 0) is 48.2 Å². The molecule has 13 heteroatoms. The summed E-state index contributed by atoms with van der Waals surface area (Å²) in [5.74, 6) is 0.521. The Morgan fingerprint density at radius 3 is 2.62 bits per heavy atom. The number of urea groups is 1. The Hall–Kier alpha value is -3.48. The number of anilines is 2. The first-order valence-corrected chi connectivity index (χ1v) is 13.7. The van der Waals surface area contributed by atoms with E-state index in [1.54, 1.807) is 6.20 Å². The minimum atomic E-state index is -0.955. The van der Waals surface area contributed by atoms with E-state index in [-0.39, 0.29) is 29.1 Å². The molecule has 0 saturated carbocycles. The molecular formula is C27H38ClN9O3. The summed E-state index contributed by atoms with van der Waals surface area (Å²) in [7, 11) is 1.88. The van der Waals surface area contributed by atoms with Crippen molar-refractivity contribution >= 4 is 46.1 Å². The minimum absolute atomic E-state index is 0.0482. The summed E-state index contributed by atoms with van der Waals surface area (Å²) in [5.41, 5.74) is 1.54. The Kier molecular flexibility index (Phi) is 9.12. The maximum Gasteiger partial charge on any atom is 0.319 e. The van der Waals surface area contributed by atoms with Gasteiger partial charge in [-0.1, -0.05) is 32.9 Å². The third kappa shape index (κ3) is 7.80. The van der Waals surface area contributed by atoms with Gasteiger partial charge in [0.15, 0.2) is 5.65 Å². The number of carbonyl (C=O) groups is 2. The van der Waals surface area contributed by atoms with Crippen LogP contribution in [0.5, 0.6) is 0 Å². The van der Waals surface area contributed by atoms with Crippen LogP contribution in [0.2, 0.25) is 5.28 Å². The normalized spacial score (nSPS) is 17.4. The second kappa shape index (κ2) is 12.4. The monoisotopic (exact) mass is 571 g/mol. The van der Waals surface area contributed by atoms with E-state index in [0.29, 0.717) is 62.8 Å². The van der Waals surface area contributed by atoms with Gasteiger partial charge in [-0.15, -0.1) is 0 Å². The first-order valence-electron chi connectivity index (χ1n) is 13.4. The van der Waals surface area contributed by atoms with Gasteiger partial charge in [0.2, 0.25) is 11.2 Å². The van der Waals surface area contributed by atoms with Crippen molar-refractivity contribution in [3.05, 3.63) is 41.3 Å². The summed E-state index contributed by atoms with van der Waals surface area (Å²) in [4.78, 5) is 36.9. The third-order valence-electron chi connectivity index (χ3n) is 6.92. The molecule has 216 valence electrons. The van der Waals surface area contributed by atoms with E-state index in [0.717, 1.165) is 5.39 Å². The Morgan fingerprint density at radius 1 is 1.18 bits per heavy atom. The van der Waals surface area contributed by atoms with E-state index in [1.807, 2.05) is 41.1 Å². The average Bonchev–Trinajstić information content (AvgIpc) is 3.51. The number of rotatable bonds is 10. The summed E-state index contributed by atoms with van der Waals surface area (Å²) in [6, 6.07) is 7.43. The predicted octanol–water partition coefficient (Wildman–Crippen LogP) is 2.50. The van der Waals surface area contributed by atoms with Crippen molar-refractivity contribution < 1.29 is 14.7 Å². The van der Waals surface area contributed by atoms with Crippen LogP contribution in [0.25, 0.3) is 11.0 Å². The van der Waals surface area contributed by atoms with Crippen LogP contribution in [0, 0.1) is 0 Å². The molecular weight excluding hydrogens is 534 g/mol. The van der Waals surface area contributed by atoms with E-state index < -0.39 is 5.60 Å². The number of likely N-dealkylation sites (N-methyl/N-ethyl adjacent to an activating group) is 1. The topological polar surface area (TPSA) is 151 Å². The summed E-state index contributed by atoms with van der Waals surface area (Å²) >= 11 is 6.07. The Labute approximate surface area is 238 Å². The van der Waals surface area contributed by atoms with Gasteiger partial charge in [0, 0.05) is 51.4 Å². The lowest BCUT2D eigenvalue weighted by Gasteiger charge is -2.29. The number of nitrogens with zero attached hydrogens (tertiary/aromatic N) is 5. The Bertz CT molecular complexity index is 1330. The van der Waals surface area contributed by atoms with Crippen molar-refractivity contribution in [2.75, 3.05) is 56.5 Å². The molecule has 0 bridgehead atoms. The second-order valence-electron chi connectivity index (χ2n) is 11.4. The van der Waals surface area contributed by atoms with Crippen molar-refractivity contribution in [1.82, 2.24) is 35.7 Å². The molecule has 1 aliphatic rings. The zero-order valence-corrected chi connectivity index (χ0v) is 24.2. The number of β-amino-alcohol motifs (C(OH)–C–C–N with tert-alkyl or cyclic N) is 1. The Balaban J connectivity index is 1.13. The van der Waals surface area contributed by atoms with Crippen molar-refractivity contribution in [3.63, 3.8) is 0 Å². The number of hydrogen-bond acceptors (Lipinski definition) is 8. The first kappa shape index (κ1) is 29.5. The van der Waals surface area contributed by atoms with Gasteiger partial charge >= 0.3 is 6.03 Å². The fourth-order valence-electron chi connectivity index (χ4n) is 4.77. The number of amides is 3. The summed E-state index contributed by atoms with van der Waals surface area (Å²) in [5, 5.41) is 27.2. The number of halogens is 1. The second-order valence-corrected chi connectivity index (χ2v) is 11.7. The van der Waals surface area contributed by atoms with Crippen LogP contribution < -0.4 is 20.9 Å². The maximum absolute atomic E-state index is 12.3. The smallest absolute Gasteiger partial charge is 0.319 e. The number of fused-ring (bicyclic) bond motifs is 1. The molecule has 1 fully saturated rings. The lowest BCUT2D eigenvalue weighted by molar-refractivity contribution is -0.121. The lowest BCUT2D eigenvalue weighted by Crippen LogP contribution is -2.45. The van der Waals surface area contributed by atoms with Crippen LogP contribution in [0.3, 0.4) is 0 Å². The molecule has 1 saturated heterocycles. The van der Waals surface area contributed by atoms with Gasteiger partial charge in [0.25, 0.3) is 0 Å². The highest BCUT2D eigenvalue weighted by Crippen LogP contribution is 2.31. The fraction of sp³-hybridized carbons (Fsp3) is 0.519. The molecule has 1 atom stereocenters. The van der Waals surface area contributed by atoms with Gasteiger partial charge in [-0.2, -0.15) is 15.1 Å². The predicted molar refractivity (Wildman–Crippen MR) is 156 cm³/mol. The van der Waals surface area contributed by atoms with Crippen LogP contribution in [0.1, 0.15) is 39.2 Å². The molecule has 4 rings (SSSR count). The van der Waals surface area contributed by atoms with Crippen LogP contribution in [0.4, 0.5) is 16.3 Å². The van der Waals surface area contributed by atoms with Gasteiger partial charge in [0.1, 0.15) is 5.82 Å². The Morgan fingerprint density at radius 2 is 1.90 bits per heavy atom. The molecule has 1 aromatic carbocycles. The average molecular weight is 572 g/mol. The van der Waals surface area contributed by atoms with E-state index in [1.165, 1.54) is 5.56 Å². The quantitative estimate of drug-likeness (QED) is 0.184. The number of aliphatic hydroxyl groups is 1. The number of aromatic nitrogens is 4. The molecule has 0 aliphatic carbocycles. The number of aromatic amines is 1. The van der Waals surface area contributed by atoms with E-state index in [4.69, 9.17) is 11.6 Å². The molecule has 0 radical (unpaired) electrons. The molecule has 1 unspecified atom stereocenters. The molecule has 3 aromatic rings. The molecule has 1 aliphatic heterocycles. The van der Waals surface area contributed by atoms with Crippen molar-refractivity contribution in [2.24, 2.45) is 0 Å². The molecule has 3 heterocycles. The van der Waals surface area contributed by atoms with Crippen LogP contribution in [0.15, 0.2) is 30.5 Å². The van der Waals surface area contributed by atoms with Gasteiger partial charge in [-0.3, -0.25) is 9.89 Å². The highest BCUT2D eigenvalue weighted by atomic mass is 35.5. The van der Waals surface area contributed by atoms with Crippen LogP contribution in [-0.2, 0) is 10.2 Å². The molecule has 0 spiro atoms. The summed E-state index contributed by atoms with van der Waals surface area (Å²) in [6.45, 7) is 8.92. The standard InChI is InChI=1S/C27H38ClN9O3/c1-26(2,3)18-5-7-19(8-6-18)32-25(39)30-12-11-29-21(38)9-13-36(4)16-27(40)10-14-37(17-27)23-20-15-31-35-22(20)33-24(28)34-23/h5-8,15,40H,9-14,16-17H2,1-4H3,(H,29,38)(H2,30,32,39)(H,31,33,34,35). The largest absolute Gasteiger partial charge is 0.387 e. The van der Waals surface area contributed by atoms with Crippen molar-refractivity contribution in [3.8, 4) is 0 Å². The van der Waals surface area contributed by atoms with E-state index >= 15 is 0 Å². The molecule has 12 nitrogen and oxygen atoms in total. The first-order chi connectivity index (χ1) is 18.9. The summed E-state index contributed by atoms with van der Waals surface area (Å²) in [6.07, 6.45) is 2.48. The zero-order chi connectivity index (χ0) is 28.9. The van der Waals surface area contributed by atoms with E-state index in [2.05, 4.69) is 56.9 Å². The summed E-state index contributed by atoms with van der Waals surface area (Å²) < 4.78 is 0. The molecule has 3 amide bonds. The maximum atomic E-state index is 12.3. The zero-order valence-electron chi connectivity index (χ0n) is 23.4. The fourth-order valence-corrected chi connectivity index (χ4v) is 4.93. The van der Waals surface area contributed by atoms with Crippen molar-refractivity contribution in [2.45, 2.75) is 44.6 Å². The molecule has 2 aromatic heterocycles. The van der Waals surface area contributed by atoms with Gasteiger partial charge < -0.3 is 30.9 Å². The van der Waals surface area contributed by atoms with Gasteiger partial charge in [-0.25, -0.2) is 4.79 Å². The number of hydrogen-bond donors (Lipinski definition) is 5. The molecule has 5 N–H and O–H groups in total. The minimum Gasteiger partial charge on any atom is -0.387 e.